The molecule has 0 radical (unpaired) electrons. The van der Waals surface area contributed by atoms with Gasteiger partial charge < -0.3 is 15.3 Å². The van der Waals surface area contributed by atoms with E-state index in [9.17, 15) is 9.59 Å². The molecule has 1 saturated heterocycles. The second kappa shape index (κ2) is 5.53. The first-order valence-electron chi connectivity index (χ1n) is 4.06. The summed E-state index contributed by atoms with van der Waals surface area (Å²) in [5.74, 6) is -1.11. The van der Waals surface area contributed by atoms with E-state index in [-0.39, 0.29) is 5.91 Å². The second-order valence-corrected chi connectivity index (χ2v) is 3.34. The summed E-state index contributed by atoms with van der Waals surface area (Å²) in [6.07, 6.45) is 0.769. The topological polar surface area (TPSA) is 69.6 Å². The number of carbonyl (C=O) groups excluding carboxylic acids is 1. The molecule has 0 aromatic carbocycles. The van der Waals surface area contributed by atoms with Crippen molar-refractivity contribution in [3.05, 3.63) is 0 Å². The van der Waals surface area contributed by atoms with Crippen molar-refractivity contribution in [2.75, 3.05) is 21.1 Å². The van der Waals surface area contributed by atoms with Crippen LogP contribution < -0.4 is 5.32 Å². The maximum absolute atomic E-state index is 10.4. The molecule has 1 atom stereocenters. The van der Waals surface area contributed by atoms with Gasteiger partial charge in [-0.15, -0.1) is 0 Å². The quantitative estimate of drug-likeness (QED) is 0.583. The second-order valence-electron chi connectivity index (χ2n) is 3.34. The summed E-state index contributed by atoms with van der Waals surface area (Å²) in [7, 11) is 6.00. The molecule has 13 heavy (non-hydrogen) atoms. The first kappa shape index (κ1) is 11.9. The summed E-state index contributed by atoms with van der Waals surface area (Å²) < 4.78 is 0. The van der Waals surface area contributed by atoms with Gasteiger partial charge in [-0.05, 0) is 27.6 Å². The molecule has 0 aromatic heterocycles. The average molecular weight is 188 g/mol. The van der Waals surface area contributed by atoms with Gasteiger partial charge in [-0.1, -0.05) is 0 Å². The zero-order chi connectivity index (χ0) is 10.4. The summed E-state index contributed by atoms with van der Waals surface area (Å²) >= 11 is 0. The Hall–Kier alpha value is -1.10. The zero-order valence-corrected chi connectivity index (χ0v) is 8.20. The van der Waals surface area contributed by atoms with Crippen molar-refractivity contribution in [3.8, 4) is 0 Å². The van der Waals surface area contributed by atoms with Gasteiger partial charge in [0.1, 0.15) is 6.04 Å². The van der Waals surface area contributed by atoms with Gasteiger partial charge in [-0.3, -0.25) is 4.79 Å². The number of aliphatic carboxylic acids is 1. The maximum Gasteiger partial charge on any atom is 0.326 e. The van der Waals surface area contributed by atoms with Crippen LogP contribution in [0.2, 0.25) is 0 Å². The summed E-state index contributed by atoms with van der Waals surface area (Å²) in [5, 5.41) is 10.6. The molecule has 0 spiro atoms. The Kier molecular flexibility index (Phi) is 5.06. The van der Waals surface area contributed by atoms with E-state index in [0.717, 1.165) is 0 Å². The molecule has 1 rings (SSSR count). The lowest BCUT2D eigenvalue weighted by molar-refractivity contribution is -0.140. The predicted octanol–water partition coefficient (Wildman–Crippen LogP) is -0.473. The van der Waals surface area contributed by atoms with E-state index in [1.165, 1.54) is 0 Å². The van der Waals surface area contributed by atoms with Crippen LogP contribution in [0.15, 0.2) is 0 Å². The fourth-order valence-electron chi connectivity index (χ4n) is 0.799. The van der Waals surface area contributed by atoms with Crippen molar-refractivity contribution < 1.29 is 14.7 Å². The number of nitrogens with zero attached hydrogens (tertiary/aromatic N) is 1. The Morgan fingerprint density at radius 2 is 2.00 bits per heavy atom. The lowest BCUT2D eigenvalue weighted by atomic mass is 10.2. The minimum atomic E-state index is -0.944. The Labute approximate surface area is 77.7 Å². The number of carbonyl (C=O) groups is 2. The number of hydrogen-bond acceptors (Lipinski definition) is 3. The largest absolute Gasteiger partial charge is 0.480 e. The molecule has 0 bridgehead atoms. The van der Waals surface area contributed by atoms with Crippen LogP contribution >= 0.6 is 0 Å². The van der Waals surface area contributed by atoms with Crippen LogP contribution in [0.4, 0.5) is 0 Å². The van der Waals surface area contributed by atoms with Crippen LogP contribution in [0.3, 0.4) is 0 Å². The summed E-state index contributed by atoms with van der Waals surface area (Å²) in [5.41, 5.74) is 0. The predicted molar refractivity (Wildman–Crippen MR) is 48.4 cm³/mol. The van der Waals surface area contributed by atoms with Crippen LogP contribution in [0.5, 0.6) is 0 Å². The monoisotopic (exact) mass is 188 g/mol. The summed E-state index contributed by atoms with van der Waals surface area (Å²) in [6.45, 7) is 0. The Morgan fingerprint density at radius 3 is 2.15 bits per heavy atom. The third-order valence-electron chi connectivity index (χ3n) is 1.29. The molecular formula is C8H16N2O3. The van der Waals surface area contributed by atoms with E-state index in [0.29, 0.717) is 12.8 Å². The highest BCUT2D eigenvalue weighted by molar-refractivity contribution is 5.87. The van der Waals surface area contributed by atoms with Gasteiger partial charge in [0, 0.05) is 6.42 Å². The van der Waals surface area contributed by atoms with E-state index in [4.69, 9.17) is 5.11 Å². The molecule has 1 heterocycles. The van der Waals surface area contributed by atoms with Crippen LogP contribution in [0, 0.1) is 0 Å². The number of rotatable bonds is 1. The van der Waals surface area contributed by atoms with E-state index in [2.05, 4.69) is 5.32 Å². The molecule has 5 nitrogen and oxygen atoms in total. The Morgan fingerprint density at radius 1 is 1.54 bits per heavy atom. The van der Waals surface area contributed by atoms with Gasteiger partial charge in [0.05, 0.1) is 0 Å². The Bertz CT molecular complexity index is 189. The van der Waals surface area contributed by atoms with Gasteiger partial charge in [-0.25, -0.2) is 4.79 Å². The lowest BCUT2D eigenvalue weighted by Crippen LogP contribution is -2.32. The standard InChI is InChI=1S/C5H7NO3.C3H9N/c7-4-2-1-3(6-4)5(8)9;1-4(2)3/h3H,1-2H2,(H,6,7)(H,8,9);1-3H3. The van der Waals surface area contributed by atoms with Crippen molar-refractivity contribution in [3.63, 3.8) is 0 Å². The van der Waals surface area contributed by atoms with Crippen molar-refractivity contribution in [1.82, 2.24) is 10.2 Å². The normalized spacial score (nSPS) is 20.6. The zero-order valence-electron chi connectivity index (χ0n) is 8.20. The number of hydrogen-bond donors (Lipinski definition) is 2. The van der Waals surface area contributed by atoms with E-state index >= 15 is 0 Å². The van der Waals surface area contributed by atoms with E-state index in [1.54, 1.807) is 0 Å². The molecule has 1 fully saturated rings. The minimum absolute atomic E-state index is 0.164. The highest BCUT2D eigenvalue weighted by Gasteiger charge is 2.26. The third kappa shape index (κ3) is 6.10. The molecule has 1 aliphatic rings. The van der Waals surface area contributed by atoms with E-state index in [1.807, 2.05) is 26.0 Å². The van der Waals surface area contributed by atoms with Crippen LogP contribution in [-0.2, 0) is 9.59 Å². The fraction of sp³-hybridized carbons (Fsp3) is 0.750. The fourth-order valence-corrected chi connectivity index (χ4v) is 0.799. The van der Waals surface area contributed by atoms with Crippen LogP contribution in [-0.4, -0.2) is 49.1 Å². The summed E-state index contributed by atoms with van der Waals surface area (Å²) in [6, 6.07) is -0.641. The maximum atomic E-state index is 10.4. The molecular weight excluding hydrogens is 172 g/mol. The van der Waals surface area contributed by atoms with Crippen molar-refractivity contribution in [2.24, 2.45) is 0 Å². The number of amides is 1. The smallest absolute Gasteiger partial charge is 0.326 e. The number of carboxylic acids is 1. The summed E-state index contributed by atoms with van der Waals surface area (Å²) in [4.78, 5) is 22.5. The molecule has 1 aliphatic heterocycles. The van der Waals surface area contributed by atoms with Gasteiger partial charge in [0.15, 0.2) is 0 Å². The van der Waals surface area contributed by atoms with Gasteiger partial charge in [0.25, 0.3) is 0 Å². The molecule has 76 valence electrons. The van der Waals surface area contributed by atoms with Crippen molar-refractivity contribution in [2.45, 2.75) is 18.9 Å². The van der Waals surface area contributed by atoms with Crippen molar-refractivity contribution >= 4 is 11.9 Å². The molecule has 0 aliphatic carbocycles. The van der Waals surface area contributed by atoms with Crippen LogP contribution in [0.1, 0.15) is 12.8 Å². The molecule has 5 heteroatoms. The first-order valence-corrected chi connectivity index (χ1v) is 4.06. The number of nitrogens with one attached hydrogen (secondary N) is 1. The van der Waals surface area contributed by atoms with Gasteiger partial charge >= 0.3 is 5.97 Å². The van der Waals surface area contributed by atoms with Gasteiger partial charge in [0.2, 0.25) is 5.91 Å². The average Bonchev–Trinajstić information content (AvgIpc) is 2.34. The van der Waals surface area contributed by atoms with Crippen LogP contribution in [0.25, 0.3) is 0 Å². The SMILES string of the molecule is CN(C)C.O=C1CCC(C(=O)O)N1. The molecule has 0 saturated carbocycles. The number of carboxylic acid groups (broad SMARTS) is 1. The van der Waals surface area contributed by atoms with Crippen molar-refractivity contribution in [1.29, 1.82) is 0 Å². The van der Waals surface area contributed by atoms with Gasteiger partial charge in [-0.2, -0.15) is 0 Å². The molecule has 1 unspecified atom stereocenters. The lowest BCUT2D eigenvalue weighted by Gasteiger charge is -1.99. The molecule has 2 N–H and O–H groups in total. The highest BCUT2D eigenvalue weighted by atomic mass is 16.4. The molecule has 0 aromatic rings. The van der Waals surface area contributed by atoms with E-state index < -0.39 is 12.0 Å². The third-order valence-corrected chi connectivity index (χ3v) is 1.29. The first-order chi connectivity index (χ1) is 5.93. The Balaban J connectivity index is 0.000000310. The highest BCUT2D eigenvalue weighted by Crippen LogP contribution is 2.05. The molecule has 1 amide bonds. The minimum Gasteiger partial charge on any atom is -0.480 e.